The SMILES string of the molecule is CCC(C)NC(=O)c1cc(-c2csc(-c3ccccc3)n2)n(Cc2ccc(OC)cc2)c1C. The van der Waals surface area contributed by atoms with Gasteiger partial charge in [0.25, 0.3) is 5.91 Å². The minimum atomic E-state index is -0.0462. The van der Waals surface area contributed by atoms with E-state index in [0.29, 0.717) is 12.1 Å². The fourth-order valence-electron chi connectivity index (χ4n) is 3.71. The van der Waals surface area contributed by atoms with Crippen LogP contribution in [0.1, 0.15) is 41.9 Å². The Morgan fingerprint density at radius 2 is 1.88 bits per heavy atom. The summed E-state index contributed by atoms with van der Waals surface area (Å²) in [6, 6.07) is 20.3. The average molecular weight is 460 g/mol. The zero-order valence-electron chi connectivity index (χ0n) is 19.5. The van der Waals surface area contributed by atoms with Crippen LogP contribution in [0.15, 0.2) is 66.0 Å². The largest absolute Gasteiger partial charge is 0.497 e. The molecule has 0 saturated heterocycles. The molecule has 0 aliphatic heterocycles. The van der Waals surface area contributed by atoms with Crippen molar-refractivity contribution in [3.05, 3.63) is 82.9 Å². The Morgan fingerprint density at radius 3 is 2.55 bits per heavy atom. The van der Waals surface area contributed by atoms with Crippen molar-refractivity contribution in [2.45, 2.75) is 39.8 Å². The number of amides is 1. The molecule has 1 unspecified atom stereocenters. The Morgan fingerprint density at radius 1 is 1.15 bits per heavy atom. The van der Waals surface area contributed by atoms with E-state index in [1.807, 2.05) is 50.2 Å². The molecule has 1 N–H and O–H groups in total. The highest BCUT2D eigenvalue weighted by Crippen LogP contribution is 2.32. The number of methoxy groups -OCH3 is 1. The van der Waals surface area contributed by atoms with Gasteiger partial charge in [0.2, 0.25) is 0 Å². The minimum absolute atomic E-state index is 0.0462. The standard InChI is InChI=1S/C27H29N3O2S/c1-5-18(2)28-26(31)23-15-25(24-17-33-27(29-24)21-9-7-6-8-10-21)30(19(23)3)16-20-11-13-22(32-4)14-12-20/h6-15,17-18H,5,16H2,1-4H3,(H,28,31). The summed E-state index contributed by atoms with van der Waals surface area (Å²) in [6.45, 7) is 6.73. The number of ether oxygens (including phenoxy) is 1. The number of aromatic nitrogens is 2. The van der Waals surface area contributed by atoms with Crippen molar-refractivity contribution in [2.24, 2.45) is 0 Å². The molecule has 0 saturated carbocycles. The lowest BCUT2D eigenvalue weighted by Gasteiger charge is -2.13. The smallest absolute Gasteiger partial charge is 0.253 e. The number of nitrogens with zero attached hydrogens (tertiary/aromatic N) is 2. The molecule has 1 amide bonds. The summed E-state index contributed by atoms with van der Waals surface area (Å²) in [5, 5.41) is 6.13. The monoisotopic (exact) mass is 459 g/mol. The molecule has 2 aromatic heterocycles. The van der Waals surface area contributed by atoms with Gasteiger partial charge in [-0.1, -0.05) is 49.4 Å². The Kier molecular flexibility index (Phi) is 6.94. The summed E-state index contributed by atoms with van der Waals surface area (Å²) in [7, 11) is 1.66. The van der Waals surface area contributed by atoms with Crippen LogP contribution < -0.4 is 10.1 Å². The predicted molar refractivity (Wildman–Crippen MR) is 135 cm³/mol. The zero-order chi connectivity index (χ0) is 23.4. The zero-order valence-corrected chi connectivity index (χ0v) is 20.3. The molecule has 1 atom stereocenters. The van der Waals surface area contributed by atoms with E-state index in [1.54, 1.807) is 18.4 Å². The third kappa shape index (κ3) is 5.01. The number of rotatable bonds is 8. The lowest BCUT2D eigenvalue weighted by Crippen LogP contribution is -2.32. The van der Waals surface area contributed by atoms with Gasteiger partial charge in [0.1, 0.15) is 10.8 Å². The van der Waals surface area contributed by atoms with E-state index in [4.69, 9.17) is 9.72 Å². The first-order chi connectivity index (χ1) is 16.0. The molecule has 0 spiro atoms. The number of thiazole rings is 1. The fraction of sp³-hybridized carbons (Fsp3) is 0.259. The molecule has 5 nitrogen and oxygen atoms in total. The van der Waals surface area contributed by atoms with Crippen LogP contribution in [0.25, 0.3) is 22.0 Å². The Balaban J connectivity index is 1.74. The molecule has 0 aliphatic rings. The van der Waals surface area contributed by atoms with Gasteiger partial charge >= 0.3 is 0 Å². The summed E-state index contributed by atoms with van der Waals surface area (Å²) >= 11 is 1.61. The molecule has 4 rings (SSSR count). The van der Waals surface area contributed by atoms with E-state index < -0.39 is 0 Å². The van der Waals surface area contributed by atoms with Crippen LogP contribution in [0.5, 0.6) is 5.75 Å². The lowest BCUT2D eigenvalue weighted by molar-refractivity contribution is 0.0938. The van der Waals surface area contributed by atoms with E-state index in [9.17, 15) is 4.79 Å². The van der Waals surface area contributed by atoms with Gasteiger partial charge in [0.15, 0.2) is 0 Å². The minimum Gasteiger partial charge on any atom is -0.497 e. The molecule has 170 valence electrons. The average Bonchev–Trinajstić information content (AvgIpc) is 3.45. The topological polar surface area (TPSA) is 56.2 Å². The third-order valence-electron chi connectivity index (χ3n) is 5.89. The molecule has 0 bridgehead atoms. The maximum Gasteiger partial charge on any atom is 0.253 e. The first-order valence-corrected chi connectivity index (χ1v) is 12.0. The van der Waals surface area contributed by atoms with Crippen molar-refractivity contribution >= 4 is 17.2 Å². The molecule has 6 heteroatoms. The van der Waals surface area contributed by atoms with E-state index in [-0.39, 0.29) is 11.9 Å². The number of hydrogen-bond acceptors (Lipinski definition) is 4. The molecule has 2 aromatic carbocycles. The van der Waals surface area contributed by atoms with Crippen LogP contribution in [0.3, 0.4) is 0 Å². The fourth-order valence-corrected chi connectivity index (χ4v) is 4.53. The first-order valence-electron chi connectivity index (χ1n) is 11.1. The van der Waals surface area contributed by atoms with Crippen molar-refractivity contribution in [1.82, 2.24) is 14.9 Å². The van der Waals surface area contributed by atoms with Crippen LogP contribution in [0.4, 0.5) is 0 Å². The van der Waals surface area contributed by atoms with Crippen LogP contribution in [-0.4, -0.2) is 28.6 Å². The van der Waals surface area contributed by atoms with Crippen molar-refractivity contribution in [3.63, 3.8) is 0 Å². The molecule has 0 fully saturated rings. The van der Waals surface area contributed by atoms with E-state index in [0.717, 1.165) is 45.4 Å². The maximum absolute atomic E-state index is 13.0. The molecule has 33 heavy (non-hydrogen) atoms. The molecule has 0 radical (unpaired) electrons. The highest BCUT2D eigenvalue weighted by molar-refractivity contribution is 7.13. The van der Waals surface area contributed by atoms with E-state index in [2.05, 4.69) is 46.5 Å². The van der Waals surface area contributed by atoms with E-state index in [1.165, 1.54) is 0 Å². The van der Waals surface area contributed by atoms with Crippen molar-refractivity contribution in [1.29, 1.82) is 0 Å². The summed E-state index contributed by atoms with van der Waals surface area (Å²) in [6.07, 6.45) is 0.886. The van der Waals surface area contributed by atoms with Crippen LogP contribution in [-0.2, 0) is 6.54 Å². The second-order valence-corrected chi connectivity index (χ2v) is 9.01. The van der Waals surface area contributed by atoms with Crippen molar-refractivity contribution in [2.75, 3.05) is 7.11 Å². The summed E-state index contributed by atoms with van der Waals surface area (Å²) in [5.41, 5.74) is 5.65. The van der Waals surface area contributed by atoms with Gasteiger partial charge < -0.3 is 14.6 Å². The molecule has 4 aromatic rings. The second kappa shape index (κ2) is 10.0. The van der Waals surface area contributed by atoms with Gasteiger partial charge in [0, 0.05) is 29.2 Å². The summed E-state index contributed by atoms with van der Waals surface area (Å²) in [5.74, 6) is 0.777. The number of carbonyl (C=O) groups is 1. The van der Waals surface area contributed by atoms with E-state index >= 15 is 0 Å². The molecule has 0 aliphatic carbocycles. The number of nitrogens with one attached hydrogen (secondary N) is 1. The predicted octanol–water partition coefficient (Wildman–Crippen LogP) is 6.17. The quantitative estimate of drug-likeness (QED) is 0.343. The highest BCUT2D eigenvalue weighted by Gasteiger charge is 2.21. The Hall–Kier alpha value is -3.38. The van der Waals surface area contributed by atoms with Crippen LogP contribution in [0, 0.1) is 6.92 Å². The first kappa shape index (κ1) is 22.8. The molecular weight excluding hydrogens is 430 g/mol. The second-order valence-electron chi connectivity index (χ2n) is 8.15. The number of hydrogen-bond donors (Lipinski definition) is 1. The lowest BCUT2D eigenvalue weighted by atomic mass is 10.2. The van der Waals surface area contributed by atoms with Crippen molar-refractivity contribution < 1.29 is 9.53 Å². The maximum atomic E-state index is 13.0. The number of benzene rings is 2. The summed E-state index contributed by atoms with van der Waals surface area (Å²) in [4.78, 5) is 18.0. The highest BCUT2D eigenvalue weighted by atomic mass is 32.1. The summed E-state index contributed by atoms with van der Waals surface area (Å²) < 4.78 is 7.47. The van der Waals surface area contributed by atoms with Gasteiger partial charge in [-0.2, -0.15) is 0 Å². The van der Waals surface area contributed by atoms with Crippen molar-refractivity contribution in [3.8, 4) is 27.7 Å². The normalized spacial score (nSPS) is 11.9. The van der Waals surface area contributed by atoms with Gasteiger partial charge in [-0.25, -0.2) is 4.98 Å². The van der Waals surface area contributed by atoms with Gasteiger partial charge in [-0.3, -0.25) is 4.79 Å². The Bertz CT molecular complexity index is 1230. The Labute approximate surface area is 199 Å². The van der Waals surface area contributed by atoms with Gasteiger partial charge in [0.05, 0.1) is 24.1 Å². The van der Waals surface area contributed by atoms with Gasteiger partial charge in [-0.15, -0.1) is 11.3 Å². The molecular formula is C27H29N3O2S. The third-order valence-corrected chi connectivity index (χ3v) is 6.78. The molecule has 2 heterocycles. The van der Waals surface area contributed by atoms with Crippen LogP contribution >= 0.6 is 11.3 Å². The van der Waals surface area contributed by atoms with Crippen LogP contribution in [0.2, 0.25) is 0 Å². The number of carbonyl (C=O) groups excluding carboxylic acids is 1. The van der Waals surface area contributed by atoms with Gasteiger partial charge in [-0.05, 0) is 44.0 Å².